The molecule has 2 aromatic rings. The number of nitrogens with one attached hydrogen (secondary N) is 2. The van der Waals surface area contributed by atoms with E-state index >= 15 is 0 Å². The summed E-state index contributed by atoms with van der Waals surface area (Å²) >= 11 is 0. The van der Waals surface area contributed by atoms with E-state index in [1.165, 1.54) is 0 Å². The average molecular weight is 539 g/mol. The second kappa shape index (κ2) is 12.9. The highest BCUT2D eigenvalue weighted by Gasteiger charge is 2.35. The minimum atomic E-state index is -0.502. The molecule has 39 heavy (non-hydrogen) atoms. The van der Waals surface area contributed by atoms with Crippen molar-refractivity contribution in [2.45, 2.75) is 38.8 Å². The number of rotatable bonds is 7. The fourth-order valence-electron chi connectivity index (χ4n) is 4.85. The van der Waals surface area contributed by atoms with Gasteiger partial charge in [0, 0.05) is 44.3 Å². The zero-order chi connectivity index (χ0) is 27.9. The van der Waals surface area contributed by atoms with Gasteiger partial charge in [0.1, 0.15) is 6.10 Å². The molecule has 0 radical (unpaired) electrons. The molecule has 0 unspecified atom stereocenters. The molecule has 10 nitrogen and oxygen atoms in total. The lowest BCUT2D eigenvalue weighted by Crippen LogP contribution is -2.50. The lowest BCUT2D eigenvalue weighted by molar-refractivity contribution is -0.122. The molecule has 1 fully saturated rings. The van der Waals surface area contributed by atoms with E-state index in [9.17, 15) is 19.5 Å². The lowest BCUT2D eigenvalue weighted by Gasteiger charge is -2.38. The quantitative estimate of drug-likeness (QED) is 0.497. The first-order valence-electron chi connectivity index (χ1n) is 13.5. The van der Waals surface area contributed by atoms with E-state index < -0.39 is 12.1 Å². The fourth-order valence-corrected chi connectivity index (χ4v) is 4.85. The summed E-state index contributed by atoms with van der Waals surface area (Å²) in [5.74, 6) is -0.537. The molecule has 1 saturated heterocycles. The van der Waals surface area contributed by atoms with E-state index in [1.54, 1.807) is 42.0 Å². The smallest absolute Gasteiger partial charge is 0.321 e. The maximum absolute atomic E-state index is 13.6. The van der Waals surface area contributed by atoms with Crippen molar-refractivity contribution in [1.29, 1.82) is 0 Å². The standard InChI is InChI=1S/C29H38N4O6/c1-19-16-33(20(2)18-34)28(36)23-10-7-11-24(31-27(35)21-12-14-38-15-13-21)26(23)39-25(19)17-32(3)29(37)30-22-8-5-4-6-9-22/h4-11,19-21,25,34H,12-18H2,1-3H3,(H,30,37)(H,31,35)/t19-,20-,25-/m1/s1. The summed E-state index contributed by atoms with van der Waals surface area (Å²) in [6.45, 7) is 5.17. The number of carbonyl (C=O) groups excluding carboxylic acids is 3. The number of amides is 4. The first-order chi connectivity index (χ1) is 18.8. The van der Waals surface area contributed by atoms with Gasteiger partial charge in [-0.3, -0.25) is 9.59 Å². The molecule has 0 aliphatic carbocycles. The van der Waals surface area contributed by atoms with Gasteiger partial charge < -0.3 is 35.0 Å². The lowest BCUT2D eigenvalue weighted by atomic mass is 9.98. The minimum Gasteiger partial charge on any atom is -0.485 e. The molecule has 3 atom stereocenters. The van der Waals surface area contributed by atoms with Crippen molar-refractivity contribution in [1.82, 2.24) is 9.80 Å². The van der Waals surface area contributed by atoms with Crippen molar-refractivity contribution in [3.63, 3.8) is 0 Å². The molecule has 0 saturated carbocycles. The predicted octanol–water partition coefficient (Wildman–Crippen LogP) is 3.44. The molecular weight excluding hydrogens is 500 g/mol. The first-order valence-corrected chi connectivity index (χ1v) is 13.5. The van der Waals surface area contributed by atoms with Crippen LogP contribution in [0.3, 0.4) is 0 Å². The van der Waals surface area contributed by atoms with E-state index in [4.69, 9.17) is 9.47 Å². The number of carbonyl (C=O) groups is 3. The number of benzene rings is 2. The van der Waals surface area contributed by atoms with Crippen LogP contribution in [0.15, 0.2) is 48.5 Å². The molecular formula is C29H38N4O6. The Labute approximate surface area is 229 Å². The number of para-hydroxylation sites is 2. The maximum atomic E-state index is 13.6. The summed E-state index contributed by atoms with van der Waals surface area (Å²) in [4.78, 5) is 42.8. The molecule has 0 spiro atoms. The van der Waals surface area contributed by atoms with Crippen LogP contribution in [0, 0.1) is 11.8 Å². The number of hydrogen-bond donors (Lipinski definition) is 3. The number of fused-ring (bicyclic) bond motifs is 1. The van der Waals surface area contributed by atoms with Gasteiger partial charge in [0.05, 0.1) is 30.4 Å². The van der Waals surface area contributed by atoms with E-state index in [2.05, 4.69) is 10.6 Å². The van der Waals surface area contributed by atoms with Crippen LogP contribution in [0.2, 0.25) is 0 Å². The van der Waals surface area contributed by atoms with Gasteiger partial charge in [0.15, 0.2) is 5.75 Å². The van der Waals surface area contributed by atoms with Crippen LogP contribution in [-0.2, 0) is 9.53 Å². The zero-order valence-electron chi connectivity index (χ0n) is 22.8. The van der Waals surface area contributed by atoms with Gasteiger partial charge in [-0.15, -0.1) is 0 Å². The predicted molar refractivity (Wildman–Crippen MR) is 148 cm³/mol. The highest BCUT2D eigenvalue weighted by atomic mass is 16.5. The molecule has 0 bridgehead atoms. The average Bonchev–Trinajstić information content (AvgIpc) is 2.95. The highest BCUT2D eigenvalue weighted by molar-refractivity contribution is 6.02. The summed E-state index contributed by atoms with van der Waals surface area (Å²) in [6, 6.07) is 13.6. The van der Waals surface area contributed by atoms with Crippen LogP contribution in [-0.4, -0.2) is 84.9 Å². The molecule has 2 aliphatic heterocycles. The topological polar surface area (TPSA) is 120 Å². The van der Waals surface area contributed by atoms with Gasteiger partial charge in [-0.1, -0.05) is 31.2 Å². The number of hydrogen-bond acceptors (Lipinski definition) is 6. The number of likely N-dealkylation sites (N-methyl/N-ethyl adjacent to an activating group) is 1. The molecule has 2 heterocycles. The Morgan fingerprint density at radius 2 is 1.82 bits per heavy atom. The van der Waals surface area contributed by atoms with Gasteiger partial charge in [-0.25, -0.2) is 4.79 Å². The monoisotopic (exact) mass is 538 g/mol. The molecule has 3 N–H and O–H groups in total. The van der Waals surface area contributed by atoms with E-state index in [0.29, 0.717) is 49.5 Å². The fraction of sp³-hybridized carbons (Fsp3) is 0.483. The van der Waals surface area contributed by atoms with Crippen LogP contribution in [0.25, 0.3) is 0 Å². The third-order valence-electron chi connectivity index (χ3n) is 7.37. The minimum absolute atomic E-state index is 0.144. The molecule has 210 valence electrons. The third kappa shape index (κ3) is 6.88. The SMILES string of the molecule is C[C@@H]1CN([C@H](C)CO)C(=O)c2cccc(NC(=O)C3CCOCC3)c2O[C@@H]1CN(C)C(=O)Nc1ccccc1. The van der Waals surface area contributed by atoms with Gasteiger partial charge in [0.2, 0.25) is 5.91 Å². The Morgan fingerprint density at radius 1 is 1.10 bits per heavy atom. The molecule has 4 amide bonds. The highest BCUT2D eigenvalue weighted by Crippen LogP contribution is 2.35. The number of ether oxygens (including phenoxy) is 2. The van der Waals surface area contributed by atoms with Crippen molar-refractivity contribution < 1.29 is 29.0 Å². The van der Waals surface area contributed by atoms with Crippen LogP contribution in [0.4, 0.5) is 16.2 Å². The summed E-state index contributed by atoms with van der Waals surface area (Å²) in [5.41, 5.74) is 1.38. The Kier molecular flexibility index (Phi) is 9.42. The summed E-state index contributed by atoms with van der Waals surface area (Å²) in [7, 11) is 1.69. The molecule has 4 rings (SSSR count). The van der Waals surface area contributed by atoms with Crippen LogP contribution < -0.4 is 15.4 Å². The van der Waals surface area contributed by atoms with Crippen molar-refractivity contribution >= 4 is 29.2 Å². The molecule has 10 heteroatoms. The largest absolute Gasteiger partial charge is 0.485 e. The van der Waals surface area contributed by atoms with Crippen LogP contribution >= 0.6 is 0 Å². The summed E-state index contributed by atoms with van der Waals surface area (Å²) < 4.78 is 11.9. The van der Waals surface area contributed by atoms with Crippen molar-refractivity contribution in [3.05, 3.63) is 54.1 Å². The van der Waals surface area contributed by atoms with Gasteiger partial charge in [-0.2, -0.15) is 0 Å². The van der Waals surface area contributed by atoms with Crippen molar-refractivity contribution in [2.75, 3.05) is 50.6 Å². The Bertz CT molecular complexity index is 1150. The normalized spacial score (nSPS) is 20.6. The second-order valence-electron chi connectivity index (χ2n) is 10.4. The van der Waals surface area contributed by atoms with Gasteiger partial charge >= 0.3 is 6.03 Å². The number of aliphatic hydroxyl groups excluding tert-OH is 1. The number of anilines is 2. The number of nitrogens with zero attached hydrogens (tertiary/aromatic N) is 2. The second-order valence-corrected chi connectivity index (χ2v) is 10.4. The van der Waals surface area contributed by atoms with Crippen LogP contribution in [0.1, 0.15) is 37.0 Å². The third-order valence-corrected chi connectivity index (χ3v) is 7.37. The Balaban J connectivity index is 1.62. The van der Waals surface area contributed by atoms with Gasteiger partial charge in [0.25, 0.3) is 5.91 Å². The zero-order valence-corrected chi connectivity index (χ0v) is 22.8. The molecule has 0 aromatic heterocycles. The number of aliphatic hydroxyl groups is 1. The van der Waals surface area contributed by atoms with Gasteiger partial charge in [-0.05, 0) is 44.0 Å². The Morgan fingerprint density at radius 3 is 2.51 bits per heavy atom. The van der Waals surface area contributed by atoms with Crippen molar-refractivity contribution in [3.8, 4) is 5.75 Å². The molecule has 2 aliphatic rings. The summed E-state index contributed by atoms with van der Waals surface area (Å²) in [5, 5.41) is 15.7. The van der Waals surface area contributed by atoms with E-state index in [1.807, 2.05) is 37.3 Å². The van der Waals surface area contributed by atoms with Crippen molar-refractivity contribution in [2.24, 2.45) is 11.8 Å². The Hall–Kier alpha value is -3.63. The first kappa shape index (κ1) is 28.4. The van der Waals surface area contributed by atoms with Crippen LogP contribution in [0.5, 0.6) is 5.75 Å². The van der Waals surface area contributed by atoms with E-state index in [-0.39, 0.29) is 48.6 Å². The summed E-state index contributed by atoms with van der Waals surface area (Å²) in [6.07, 6.45) is 0.755. The number of urea groups is 1. The van der Waals surface area contributed by atoms with E-state index in [0.717, 1.165) is 0 Å². The maximum Gasteiger partial charge on any atom is 0.321 e. The molecule has 2 aromatic carbocycles.